The lowest BCUT2D eigenvalue weighted by atomic mass is 9.96. The molecule has 0 heterocycles. The molecular weight excluding hydrogens is 378 g/mol. The van der Waals surface area contributed by atoms with Gasteiger partial charge in [-0.25, -0.2) is 14.4 Å². The van der Waals surface area contributed by atoms with E-state index in [2.05, 4.69) is 16.0 Å². The third-order valence-corrected chi connectivity index (χ3v) is 3.38. The summed E-state index contributed by atoms with van der Waals surface area (Å²) in [5.74, 6) is 0. The Morgan fingerprint density at radius 1 is 0.621 bits per heavy atom. The smallest absolute Gasteiger partial charge is 0.408 e. The normalized spacial score (nSPS) is 12.6. The fourth-order valence-corrected chi connectivity index (χ4v) is 2.12. The first-order valence-corrected chi connectivity index (χ1v) is 9.81. The average Bonchev–Trinajstić information content (AvgIpc) is 2.44. The molecule has 0 aliphatic heterocycles. The molecule has 0 spiro atoms. The largest absolute Gasteiger partial charge is 0.444 e. The second kappa shape index (κ2) is 10.0. The van der Waals surface area contributed by atoms with Crippen molar-refractivity contribution < 1.29 is 28.6 Å². The highest BCUT2D eigenvalue weighted by atomic mass is 16.6. The number of hydrogen-bond donors (Lipinski definition) is 3. The predicted molar refractivity (Wildman–Crippen MR) is 111 cm³/mol. The maximum Gasteiger partial charge on any atom is 0.408 e. The molecule has 0 unspecified atom stereocenters. The SMILES string of the molecule is CCC(CNC(=O)OC(C)(C)C)(CNC(=O)OC(C)(C)C)NC(=O)OC(C)(C)C. The Morgan fingerprint density at radius 2 is 0.931 bits per heavy atom. The van der Waals surface area contributed by atoms with Gasteiger partial charge in [0.15, 0.2) is 0 Å². The molecule has 0 saturated heterocycles. The van der Waals surface area contributed by atoms with Gasteiger partial charge in [0, 0.05) is 13.1 Å². The molecule has 3 amide bonds. The van der Waals surface area contributed by atoms with Crippen molar-refractivity contribution in [1.29, 1.82) is 0 Å². The molecule has 0 atom stereocenters. The van der Waals surface area contributed by atoms with Crippen molar-refractivity contribution in [1.82, 2.24) is 16.0 Å². The van der Waals surface area contributed by atoms with Gasteiger partial charge in [-0.05, 0) is 68.7 Å². The minimum atomic E-state index is -1.00. The molecule has 0 aromatic rings. The molecule has 0 aliphatic rings. The summed E-state index contributed by atoms with van der Waals surface area (Å²) in [5, 5.41) is 8.07. The summed E-state index contributed by atoms with van der Waals surface area (Å²) in [6.45, 7) is 17.6. The predicted octanol–water partition coefficient (Wildman–Crippen LogP) is 3.71. The van der Waals surface area contributed by atoms with E-state index < -0.39 is 40.6 Å². The van der Waals surface area contributed by atoms with Crippen LogP contribution in [0.1, 0.15) is 75.7 Å². The topological polar surface area (TPSA) is 115 Å². The van der Waals surface area contributed by atoms with E-state index in [9.17, 15) is 14.4 Å². The van der Waals surface area contributed by atoms with E-state index in [-0.39, 0.29) is 13.1 Å². The summed E-state index contributed by atoms with van der Waals surface area (Å²) in [7, 11) is 0. The van der Waals surface area contributed by atoms with Crippen molar-refractivity contribution in [3.05, 3.63) is 0 Å². The Labute approximate surface area is 174 Å². The molecule has 29 heavy (non-hydrogen) atoms. The molecule has 170 valence electrons. The van der Waals surface area contributed by atoms with Crippen LogP contribution in [0.5, 0.6) is 0 Å². The van der Waals surface area contributed by atoms with Gasteiger partial charge >= 0.3 is 18.3 Å². The monoisotopic (exact) mass is 417 g/mol. The van der Waals surface area contributed by atoms with Crippen LogP contribution in [0.2, 0.25) is 0 Å². The van der Waals surface area contributed by atoms with Crippen LogP contribution in [0.4, 0.5) is 14.4 Å². The minimum absolute atomic E-state index is 0.0213. The Balaban J connectivity index is 5.28. The molecule has 9 nitrogen and oxygen atoms in total. The summed E-state index contributed by atoms with van der Waals surface area (Å²) >= 11 is 0. The Kier molecular flexibility index (Phi) is 9.27. The van der Waals surface area contributed by atoms with Crippen LogP contribution in [-0.2, 0) is 14.2 Å². The molecule has 3 N–H and O–H groups in total. The summed E-state index contributed by atoms with van der Waals surface area (Å²) in [6.07, 6.45) is -1.51. The molecule has 0 aromatic heterocycles. The zero-order valence-corrected chi connectivity index (χ0v) is 19.6. The van der Waals surface area contributed by atoms with Gasteiger partial charge in [-0.15, -0.1) is 0 Å². The van der Waals surface area contributed by atoms with E-state index in [1.807, 2.05) is 6.92 Å². The average molecular weight is 418 g/mol. The van der Waals surface area contributed by atoms with Crippen LogP contribution in [0.15, 0.2) is 0 Å². The summed E-state index contributed by atoms with van der Waals surface area (Å²) in [6, 6.07) is 0. The van der Waals surface area contributed by atoms with Gasteiger partial charge < -0.3 is 30.2 Å². The number of ether oxygens (including phenoxy) is 3. The number of carbonyl (C=O) groups excluding carboxylic acids is 3. The molecule has 0 rings (SSSR count). The fourth-order valence-electron chi connectivity index (χ4n) is 2.12. The molecule has 0 saturated carbocycles. The second-order valence-electron chi connectivity index (χ2n) is 9.97. The number of rotatable bonds is 6. The summed E-state index contributed by atoms with van der Waals surface area (Å²) in [5.41, 5.74) is -3.02. The maximum atomic E-state index is 12.4. The molecule has 0 aromatic carbocycles. The van der Waals surface area contributed by atoms with Crippen molar-refractivity contribution in [2.45, 2.75) is 98.0 Å². The van der Waals surface area contributed by atoms with E-state index in [1.54, 1.807) is 62.3 Å². The summed E-state index contributed by atoms with van der Waals surface area (Å²) < 4.78 is 15.8. The minimum Gasteiger partial charge on any atom is -0.444 e. The third-order valence-electron chi connectivity index (χ3n) is 3.38. The molecular formula is C20H39N3O6. The van der Waals surface area contributed by atoms with Gasteiger partial charge in [0.1, 0.15) is 16.8 Å². The van der Waals surface area contributed by atoms with Gasteiger partial charge in [0.05, 0.1) is 5.54 Å². The number of hydrogen-bond acceptors (Lipinski definition) is 6. The highest BCUT2D eigenvalue weighted by molar-refractivity contribution is 5.71. The van der Waals surface area contributed by atoms with E-state index in [4.69, 9.17) is 14.2 Å². The van der Waals surface area contributed by atoms with Crippen molar-refractivity contribution in [3.63, 3.8) is 0 Å². The Hall–Kier alpha value is -2.19. The lowest BCUT2D eigenvalue weighted by Crippen LogP contribution is -2.62. The van der Waals surface area contributed by atoms with E-state index in [0.717, 1.165) is 0 Å². The number of amides is 3. The number of nitrogens with one attached hydrogen (secondary N) is 3. The Bertz CT molecular complexity index is 538. The molecule has 0 bridgehead atoms. The highest BCUT2D eigenvalue weighted by Crippen LogP contribution is 2.14. The van der Waals surface area contributed by atoms with Crippen LogP contribution in [0, 0.1) is 0 Å². The van der Waals surface area contributed by atoms with Gasteiger partial charge in [-0.1, -0.05) is 6.92 Å². The van der Waals surface area contributed by atoms with Gasteiger partial charge in [0.2, 0.25) is 0 Å². The molecule has 9 heteroatoms. The number of carbonyl (C=O) groups is 3. The lowest BCUT2D eigenvalue weighted by Gasteiger charge is -2.35. The fraction of sp³-hybridized carbons (Fsp3) is 0.850. The van der Waals surface area contributed by atoms with E-state index >= 15 is 0 Å². The second-order valence-corrected chi connectivity index (χ2v) is 9.97. The third kappa shape index (κ3) is 13.6. The first-order chi connectivity index (χ1) is 12.9. The first-order valence-electron chi connectivity index (χ1n) is 9.81. The van der Waals surface area contributed by atoms with Crippen LogP contribution in [-0.4, -0.2) is 53.7 Å². The maximum absolute atomic E-state index is 12.4. The molecule has 0 radical (unpaired) electrons. The van der Waals surface area contributed by atoms with Crippen molar-refractivity contribution in [2.75, 3.05) is 13.1 Å². The first kappa shape index (κ1) is 26.8. The van der Waals surface area contributed by atoms with Crippen LogP contribution < -0.4 is 16.0 Å². The van der Waals surface area contributed by atoms with Crippen LogP contribution in [0.3, 0.4) is 0 Å². The van der Waals surface area contributed by atoms with Crippen molar-refractivity contribution in [3.8, 4) is 0 Å². The van der Waals surface area contributed by atoms with E-state index in [1.165, 1.54) is 0 Å². The summed E-state index contributed by atoms with van der Waals surface area (Å²) in [4.78, 5) is 36.5. The quantitative estimate of drug-likeness (QED) is 0.568. The van der Waals surface area contributed by atoms with Crippen molar-refractivity contribution >= 4 is 18.3 Å². The van der Waals surface area contributed by atoms with Crippen molar-refractivity contribution in [2.24, 2.45) is 0 Å². The zero-order chi connectivity index (χ0) is 23.1. The lowest BCUT2D eigenvalue weighted by molar-refractivity contribution is 0.0374. The molecule has 0 aliphatic carbocycles. The van der Waals surface area contributed by atoms with Crippen LogP contribution >= 0.6 is 0 Å². The van der Waals surface area contributed by atoms with Gasteiger partial charge in [-0.3, -0.25) is 0 Å². The Morgan fingerprint density at radius 3 is 1.21 bits per heavy atom. The molecule has 0 fully saturated rings. The van der Waals surface area contributed by atoms with Crippen LogP contribution in [0.25, 0.3) is 0 Å². The van der Waals surface area contributed by atoms with Gasteiger partial charge in [-0.2, -0.15) is 0 Å². The standard InChI is InChI=1S/C20H39N3O6/c1-11-20(23-16(26)29-19(8,9)10,12-21-14(24)27-17(2,3)4)13-22-15(25)28-18(5,6)7/h11-13H2,1-10H3,(H,21,24)(H,22,25)(H,23,26). The zero-order valence-electron chi connectivity index (χ0n) is 19.6. The van der Waals surface area contributed by atoms with Gasteiger partial charge in [0.25, 0.3) is 0 Å². The highest BCUT2D eigenvalue weighted by Gasteiger charge is 2.34. The number of alkyl carbamates (subject to hydrolysis) is 3. The van der Waals surface area contributed by atoms with E-state index in [0.29, 0.717) is 6.42 Å².